The molecule has 0 aromatic heterocycles. The Morgan fingerprint density at radius 2 is 1.14 bits per heavy atom. The Morgan fingerprint density at radius 3 is 1.32 bits per heavy atom. The van der Waals surface area contributed by atoms with E-state index in [2.05, 4.69) is 38.1 Å². The molecule has 0 nitrogen and oxygen atoms in total. The van der Waals surface area contributed by atoms with Crippen LogP contribution in [-0.2, 0) is 17.1 Å². The van der Waals surface area contributed by atoms with E-state index < -0.39 is 19.5 Å². The molecule has 8 heteroatoms. The van der Waals surface area contributed by atoms with Crippen LogP contribution >= 0.6 is 0 Å². The van der Waals surface area contributed by atoms with Gasteiger partial charge >= 0.3 is 53.4 Å². The number of halogens is 6. The molecule has 22 heavy (non-hydrogen) atoms. The topological polar surface area (TPSA) is 0 Å². The van der Waals surface area contributed by atoms with Crippen LogP contribution in [0.5, 0.6) is 0 Å². The van der Waals surface area contributed by atoms with Gasteiger partial charge in [0, 0.05) is 0 Å². The second kappa shape index (κ2) is 8.37. The van der Waals surface area contributed by atoms with Gasteiger partial charge in [0.2, 0.25) is 0 Å². The van der Waals surface area contributed by atoms with Gasteiger partial charge in [-0.3, -0.25) is 0 Å². The number of benzene rings is 1. The Morgan fingerprint density at radius 1 is 0.773 bits per heavy atom. The van der Waals surface area contributed by atoms with E-state index in [1.807, 2.05) is 36.4 Å². The maximum Gasteiger partial charge on any atom is 2.00 e. The molecule has 0 aliphatic carbocycles. The van der Waals surface area contributed by atoms with E-state index in [1.165, 1.54) is 5.56 Å². The molecule has 0 N–H and O–H groups in total. The average Bonchev–Trinajstić information content (AvgIpc) is 2.84. The molecular weight excluding hydrogens is 460 g/mol. The minimum absolute atomic E-state index is 0. The molecular formula is C14H17F6FeSb. The zero-order valence-corrected chi connectivity index (χ0v) is 15.6. The minimum atomic E-state index is -11.2. The molecule has 0 radical (unpaired) electrons. The van der Waals surface area contributed by atoms with Crippen molar-refractivity contribution in [2.24, 2.45) is 0 Å². The molecule has 0 unspecified atom stereocenters. The summed E-state index contributed by atoms with van der Waals surface area (Å²) in [7, 11) is 0. The number of hydrogen-bond donors (Lipinski definition) is 0. The molecule has 0 aliphatic rings. The fraction of sp³-hybridized carbons (Fsp3) is 0.214. The van der Waals surface area contributed by atoms with Crippen LogP contribution in [-0.4, -0.2) is 19.5 Å². The third-order valence-electron chi connectivity index (χ3n) is 2.02. The van der Waals surface area contributed by atoms with Crippen LogP contribution in [0.1, 0.15) is 25.3 Å². The van der Waals surface area contributed by atoms with Gasteiger partial charge in [-0.05, 0) is 11.5 Å². The average molecular weight is 477 g/mol. The monoisotopic (exact) mass is 476 g/mol. The van der Waals surface area contributed by atoms with Gasteiger partial charge in [0.25, 0.3) is 0 Å². The first-order valence-corrected chi connectivity index (χ1v) is 11.8. The van der Waals surface area contributed by atoms with Gasteiger partial charge in [-0.25, -0.2) is 12.1 Å². The van der Waals surface area contributed by atoms with Crippen molar-refractivity contribution in [1.82, 2.24) is 0 Å². The first kappa shape index (κ1) is 23.7. The summed E-state index contributed by atoms with van der Waals surface area (Å²) in [5.74, 6) is 0.659. The van der Waals surface area contributed by atoms with Gasteiger partial charge in [-0.2, -0.15) is 18.2 Å². The van der Waals surface area contributed by atoms with Crippen LogP contribution in [0, 0.1) is 0 Å². The van der Waals surface area contributed by atoms with Crippen molar-refractivity contribution in [2.75, 3.05) is 0 Å². The molecule has 0 amide bonds. The van der Waals surface area contributed by atoms with Gasteiger partial charge in [0.15, 0.2) is 0 Å². The van der Waals surface area contributed by atoms with Gasteiger partial charge < -0.3 is 0 Å². The molecule has 0 aliphatic heterocycles. The van der Waals surface area contributed by atoms with Crippen LogP contribution in [0.15, 0.2) is 60.7 Å². The van der Waals surface area contributed by atoms with Crippen LogP contribution in [0.25, 0.3) is 0 Å². The Hall–Kier alpha value is -0.512. The fourth-order valence-corrected chi connectivity index (χ4v) is 1.16. The molecule has 2 aromatic rings. The van der Waals surface area contributed by atoms with Crippen molar-refractivity contribution in [3.8, 4) is 0 Å². The summed E-state index contributed by atoms with van der Waals surface area (Å²) in [4.78, 5) is 0. The molecule has 128 valence electrons. The van der Waals surface area contributed by atoms with E-state index in [0.717, 1.165) is 0 Å². The van der Waals surface area contributed by atoms with E-state index >= 15 is 0 Å². The standard InChI is InChI=1S/C9H12.C5H5.6FH.Fe.Sb/c1-8(2)9-6-4-3-5-7-9;1-2-4-5-3-1;;;;;;;;/h3-8H,1-2H3;1-5H;6*1H;;/q;-1;;;;;;;+2;+5/p-6. The van der Waals surface area contributed by atoms with E-state index in [4.69, 9.17) is 0 Å². The third-order valence-corrected chi connectivity index (χ3v) is 2.02. The van der Waals surface area contributed by atoms with Crippen LogP contribution in [0.4, 0.5) is 16.9 Å². The van der Waals surface area contributed by atoms with Crippen molar-refractivity contribution < 1.29 is 33.9 Å². The van der Waals surface area contributed by atoms with Crippen molar-refractivity contribution in [2.45, 2.75) is 19.8 Å². The van der Waals surface area contributed by atoms with Gasteiger partial charge in [-0.15, -0.1) is 0 Å². The van der Waals surface area contributed by atoms with E-state index in [1.54, 1.807) is 0 Å². The molecule has 0 fully saturated rings. The number of rotatable bonds is 1. The Balaban J connectivity index is 0. The molecule has 0 spiro atoms. The Kier molecular flexibility index (Phi) is 9.04. The second-order valence-corrected chi connectivity index (χ2v) is 9.96. The van der Waals surface area contributed by atoms with Gasteiger partial charge in [0.05, 0.1) is 0 Å². The quantitative estimate of drug-likeness (QED) is 0.255. The Bertz CT molecular complexity index is 462. The molecule has 2 rings (SSSR count). The van der Waals surface area contributed by atoms with Crippen molar-refractivity contribution >= 4 is 19.5 Å². The zero-order valence-electron chi connectivity index (χ0n) is 11.9. The molecule has 0 saturated carbocycles. The van der Waals surface area contributed by atoms with Gasteiger partial charge in [0.1, 0.15) is 0 Å². The summed E-state index contributed by atoms with van der Waals surface area (Å²) < 4.78 is 59.6. The first-order valence-electron chi connectivity index (χ1n) is 6.03. The maximum atomic E-state index is 9.93. The third kappa shape index (κ3) is 24.5. The predicted molar refractivity (Wildman–Crippen MR) is 75.0 cm³/mol. The normalized spacial score (nSPS) is 13.3. The van der Waals surface area contributed by atoms with Gasteiger partial charge in [-0.1, -0.05) is 44.2 Å². The SMILES string of the molecule is CC(C)c1ccccc1.[F][Sb-]([F])([F])([F])([F])[F].[Fe+2].c1cc[cH-]c1. The molecule has 0 heterocycles. The largest absolute Gasteiger partial charge is 2.00 e. The molecule has 0 atom stereocenters. The Labute approximate surface area is 139 Å². The summed E-state index contributed by atoms with van der Waals surface area (Å²) >= 11 is -11.2. The van der Waals surface area contributed by atoms with Crippen molar-refractivity contribution in [3.05, 3.63) is 66.2 Å². The first-order chi connectivity index (χ1) is 9.25. The van der Waals surface area contributed by atoms with Crippen molar-refractivity contribution in [1.29, 1.82) is 0 Å². The smallest absolute Gasteiger partial charge is 0.214 e. The predicted octanol–water partition coefficient (Wildman–Crippen LogP) is 6.35. The van der Waals surface area contributed by atoms with Crippen molar-refractivity contribution in [3.63, 3.8) is 0 Å². The van der Waals surface area contributed by atoms with Crippen LogP contribution < -0.4 is 0 Å². The minimum Gasteiger partial charge on any atom is -0.214 e. The molecule has 0 bridgehead atoms. The maximum absolute atomic E-state index is 11.2. The second-order valence-electron chi connectivity index (χ2n) is 4.49. The van der Waals surface area contributed by atoms with E-state index in [9.17, 15) is 16.9 Å². The van der Waals surface area contributed by atoms with Crippen LogP contribution in [0.3, 0.4) is 0 Å². The summed E-state index contributed by atoms with van der Waals surface area (Å²) in [6, 6.07) is 20.5. The summed E-state index contributed by atoms with van der Waals surface area (Å²) in [6.45, 7) is 4.41. The van der Waals surface area contributed by atoms with E-state index in [-0.39, 0.29) is 17.1 Å². The van der Waals surface area contributed by atoms with Crippen LogP contribution in [0.2, 0.25) is 0 Å². The summed E-state index contributed by atoms with van der Waals surface area (Å²) in [6.07, 6.45) is 0. The zero-order chi connectivity index (χ0) is 16.6. The van der Waals surface area contributed by atoms with E-state index in [0.29, 0.717) is 5.92 Å². The number of hydrogen-bond acceptors (Lipinski definition) is 0. The summed E-state index contributed by atoms with van der Waals surface area (Å²) in [5.41, 5.74) is 1.41. The fourth-order valence-electron chi connectivity index (χ4n) is 1.16. The molecule has 0 saturated heterocycles. The summed E-state index contributed by atoms with van der Waals surface area (Å²) in [5, 5.41) is 0. The molecule has 2 aromatic carbocycles.